The van der Waals surface area contributed by atoms with Crippen LogP contribution in [0.2, 0.25) is 0 Å². The molecule has 1 atom stereocenters. The molecule has 150 valence electrons. The summed E-state index contributed by atoms with van der Waals surface area (Å²) in [7, 11) is -10.4. The Morgan fingerprint density at radius 1 is 0.963 bits per heavy atom. The van der Waals surface area contributed by atoms with E-state index in [0.29, 0.717) is 25.9 Å². The fourth-order valence-electron chi connectivity index (χ4n) is 1.76. The van der Waals surface area contributed by atoms with E-state index in [1.54, 1.807) is 0 Å². The van der Waals surface area contributed by atoms with Gasteiger partial charge in [-0.05, 0) is 45.5 Å². The molecule has 0 aliphatic heterocycles. The summed E-state index contributed by atoms with van der Waals surface area (Å²) in [5, 5.41) is 2.12. The van der Waals surface area contributed by atoms with Gasteiger partial charge in [0, 0.05) is 0 Å². The van der Waals surface area contributed by atoms with Gasteiger partial charge < -0.3 is 45.3 Å². The molecule has 9 N–H and O–H groups in total. The van der Waals surface area contributed by atoms with E-state index in [2.05, 4.69) is 5.32 Å². The number of rotatable bonds is 10. The van der Waals surface area contributed by atoms with Gasteiger partial charge in [0.15, 0.2) is 0 Å². The first-order valence-corrected chi connectivity index (χ1v) is 9.99. The molecule has 0 fully saturated rings. The molecule has 0 aliphatic rings. The van der Waals surface area contributed by atoms with Crippen LogP contribution >= 0.6 is 15.2 Å². The maximum absolute atomic E-state index is 10.9. The molecule has 27 heavy (non-hydrogen) atoms. The zero-order valence-corrected chi connectivity index (χ0v) is 21.1. The number of nitrogens with one attached hydrogen (secondary N) is 1. The summed E-state index contributed by atoms with van der Waals surface area (Å²) in [5.41, 5.74) is -2.36. The van der Waals surface area contributed by atoms with Crippen molar-refractivity contribution < 1.29 is 109 Å². The number of ether oxygens (including phenoxy) is 1. The number of para-hydroxylation sites is 1. The first-order valence-electron chi connectivity index (χ1n) is 6.69. The molecule has 0 spiro atoms. The van der Waals surface area contributed by atoms with Crippen molar-refractivity contribution in [2.45, 2.75) is 24.8 Å². The van der Waals surface area contributed by atoms with Crippen molar-refractivity contribution in [3.05, 3.63) is 30.3 Å². The van der Waals surface area contributed by atoms with Gasteiger partial charge in [-0.3, -0.25) is 9.88 Å². The molecule has 0 saturated carbocycles. The van der Waals surface area contributed by atoms with E-state index in [4.69, 9.17) is 14.5 Å². The Morgan fingerprint density at radius 2 is 1.48 bits per heavy atom. The second kappa shape index (κ2) is 19.1. The number of hydrogen-bond donors (Lipinski definition) is 3. The van der Waals surface area contributed by atoms with E-state index in [9.17, 15) is 18.9 Å². The van der Waals surface area contributed by atoms with Crippen molar-refractivity contribution >= 4 is 15.2 Å². The fraction of sp³-hybridized carbons (Fsp3) is 0.500. The molecular weight excluding hydrogens is 426 g/mol. The molecule has 0 heterocycles. The van der Waals surface area contributed by atoms with Crippen LogP contribution in [0.15, 0.2) is 30.3 Å². The number of unbranched alkanes of at least 4 members (excludes halogenated alkanes) is 2. The molecule has 0 aliphatic carbocycles. The van der Waals surface area contributed by atoms with Crippen molar-refractivity contribution in [2.75, 3.05) is 13.2 Å². The monoisotopic (exact) mass is 451 g/mol. The SMILES string of the molecule is O.O.O.O=P([O-])([O-])C(NCCCCCOc1ccccc1)P(=O)(O)O.[Na+].[Na+]. The molecule has 15 heteroatoms. The maximum atomic E-state index is 10.9. The van der Waals surface area contributed by atoms with Crippen LogP contribution in [0.25, 0.3) is 0 Å². The van der Waals surface area contributed by atoms with E-state index >= 15 is 0 Å². The largest absolute Gasteiger partial charge is 1.00 e. The molecule has 0 amide bonds. The molecule has 0 radical (unpaired) electrons. The summed E-state index contributed by atoms with van der Waals surface area (Å²) < 4.78 is 27.2. The van der Waals surface area contributed by atoms with Gasteiger partial charge in [-0.15, -0.1) is 0 Å². The first-order chi connectivity index (χ1) is 10.2. The minimum atomic E-state index is -5.40. The van der Waals surface area contributed by atoms with Crippen LogP contribution in [0, 0.1) is 0 Å². The van der Waals surface area contributed by atoms with Gasteiger partial charge in [0.1, 0.15) is 11.3 Å². The zero-order valence-electron chi connectivity index (χ0n) is 15.3. The van der Waals surface area contributed by atoms with Gasteiger partial charge in [0.05, 0.1) is 6.61 Å². The van der Waals surface area contributed by atoms with Gasteiger partial charge in [-0.25, -0.2) is 0 Å². The molecule has 1 aromatic carbocycles. The zero-order chi connectivity index (χ0) is 16.6. The van der Waals surface area contributed by atoms with Crippen LogP contribution in [0.1, 0.15) is 19.3 Å². The van der Waals surface area contributed by atoms with Crippen molar-refractivity contribution in [1.29, 1.82) is 0 Å². The maximum Gasteiger partial charge on any atom is 1.00 e. The summed E-state index contributed by atoms with van der Waals surface area (Å²) in [6, 6.07) is 9.23. The van der Waals surface area contributed by atoms with Gasteiger partial charge >= 0.3 is 66.7 Å². The third-order valence-electron chi connectivity index (χ3n) is 2.78. The van der Waals surface area contributed by atoms with E-state index in [0.717, 1.165) is 5.75 Å². The van der Waals surface area contributed by atoms with E-state index in [1.807, 2.05) is 30.3 Å². The molecule has 0 aromatic heterocycles. The average Bonchev–Trinajstić information content (AvgIpc) is 2.40. The van der Waals surface area contributed by atoms with Crippen LogP contribution in [0.4, 0.5) is 0 Å². The van der Waals surface area contributed by atoms with E-state index in [1.165, 1.54) is 0 Å². The Labute approximate surface area is 202 Å². The van der Waals surface area contributed by atoms with Crippen molar-refractivity contribution in [3.63, 3.8) is 0 Å². The molecule has 11 nitrogen and oxygen atoms in total. The van der Waals surface area contributed by atoms with E-state index in [-0.39, 0.29) is 82.1 Å². The van der Waals surface area contributed by atoms with Crippen LogP contribution in [0.3, 0.4) is 0 Å². The Bertz CT molecular complexity index is 520. The Hall–Kier alpha value is 1.16. The quantitative estimate of drug-likeness (QED) is 0.175. The van der Waals surface area contributed by atoms with Gasteiger partial charge in [0.25, 0.3) is 0 Å². The smallest absolute Gasteiger partial charge is 0.809 e. The van der Waals surface area contributed by atoms with Crippen LogP contribution in [0.5, 0.6) is 5.75 Å². The summed E-state index contributed by atoms with van der Waals surface area (Å²) in [5.74, 6) is 0.751. The fourth-order valence-corrected chi connectivity index (χ4v) is 3.95. The topological polar surface area (TPSA) is 236 Å². The standard InChI is InChI=1S/C12H21NO7P2.2Na.3H2O/c14-21(15,16)12(22(17,18)19)13-9-5-2-6-10-20-11-7-3-1-4-8-11;;;;;/h1,3-4,7-8,12-13H,2,5-6,9-10H2,(H2,14,15,16)(H2,17,18,19);;;3*1H2/q;2*+1;;;/p-2. The predicted octanol–water partition coefficient (Wildman–Crippen LogP) is -8.27. The van der Waals surface area contributed by atoms with Crippen molar-refractivity contribution in [2.24, 2.45) is 0 Å². The predicted molar refractivity (Wildman–Crippen MR) is 88.1 cm³/mol. The Kier molecular flexibility index (Phi) is 27.5. The Morgan fingerprint density at radius 3 is 1.93 bits per heavy atom. The summed E-state index contributed by atoms with van der Waals surface area (Å²) >= 11 is 0. The van der Waals surface area contributed by atoms with Crippen molar-refractivity contribution in [1.82, 2.24) is 5.32 Å². The molecule has 0 bridgehead atoms. The summed E-state index contributed by atoms with van der Waals surface area (Å²) in [4.78, 5) is 39.3. The number of hydrogen-bond acceptors (Lipinski definition) is 6. The third-order valence-corrected chi connectivity index (χ3v) is 6.13. The normalized spacial score (nSPS) is 11.3. The van der Waals surface area contributed by atoms with Gasteiger partial charge in [0.2, 0.25) is 0 Å². The van der Waals surface area contributed by atoms with Crippen molar-refractivity contribution in [3.8, 4) is 5.75 Å². The summed E-state index contributed by atoms with van der Waals surface area (Å²) in [6.07, 6.45) is 1.83. The Balaban J connectivity index is -0.000000323. The van der Waals surface area contributed by atoms with Crippen LogP contribution < -0.4 is 79.0 Å². The van der Waals surface area contributed by atoms with Gasteiger partial charge in [-0.1, -0.05) is 18.2 Å². The second-order valence-electron chi connectivity index (χ2n) is 4.68. The number of benzene rings is 1. The van der Waals surface area contributed by atoms with E-state index < -0.39 is 20.7 Å². The van der Waals surface area contributed by atoms with Gasteiger partial charge in [-0.2, -0.15) is 0 Å². The molecule has 1 aromatic rings. The average molecular weight is 451 g/mol. The molecule has 1 unspecified atom stereocenters. The minimum absolute atomic E-state index is 0. The minimum Gasteiger partial charge on any atom is -0.809 e. The molecule has 0 saturated heterocycles. The molecule has 1 rings (SSSR count). The molecular formula is C12H25NNa2O10P2. The van der Waals surface area contributed by atoms with Crippen LogP contribution in [-0.2, 0) is 9.13 Å². The third kappa shape index (κ3) is 17.7. The summed E-state index contributed by atoms with van der Waals surface area (Å²) in [6.45, 7) is 0.503. The first kappa shape index (κ1) is 38.7. The van der Waals surface area contributed by atoms with Crippen LogP contribution in [-0.4, -0.2) is 44.9 Å². The second-order valence-corrected chi connectivity index (χ2v) is 8.38.